The number of piperazine rings is 1. The van der Waals surface area contributed by atoms with Crippen LogP contribution in [0.5, 0.6) is 0 Å². The van der Waals surface area contributed by atoms with E-state index >= 15 is 0 Å². The number of aliphatic carboxylic acids is 1. The van der Waals surface area contributed by atoms with E-state index in [0.717, 1.165) is 22.6 Å². The van der Waals surface area contributed by atoms with Crippen molar-refractivity contribution in [3.05, 3.63) is 83.7 Å². The molecule has 3 aromatic rings. The van der Waals surface area contributed by atoms with Gasteiger partial charge in [-0.05, 0) is 36.2 Å². The predicted octanol–water partition coefficient (Wildman–Crippen LogP) is 2.98. The van der Waals surface area contributed by atoms with Gasteiger partial charge in [0.25, 0.3) is 10.2 Å². The molecule has 1 aliphatic heterocycles. The minimum Gasteiger partial charge on any atom is -0.480 e. The standard InChI is InChI=1S/C27H28F3N5O6S/c28-27(29,30)21-6-8-22(9-7-21)32-10-13-34(14-11-32)42(40,41)35(15-12-33-18-20(17-31-33)24(36)37)26(25(38)39)16-23(26)19-4-2-1-3-5-19/h1-9,17-18,23H,10-16H2,(H,36,37)(H,38,39). The molecule has 15 heteroatoms. The van der Waals surface area contributed by atoms with Crippen LogP contribution < -0.4 is 4.90 Å². The molecule has 0 spiro atoms. The van der Waals surface area contributed by atoms with E-state index in [1.54, 1.807) is 35.2 Å². The van der Waals surface area contributed by atoms with Gasteiger partial charge >= 0.3 is 18.1 Å². The summed E-state index contributed by atoms with van der Waals surface area (Å²) >= 11 is 0. The number of aromatic carboxylic acids is 1. The number of benzene rings is 2. The molecule has 0 bridgehead atoms. The number of aromatic nitrogens is 2. The van der Waals surface area contributed by atoms with Crippen LogP contribution in [-0.4, -0.2) is 87.2 Å². The molecule has 2 atom stereocenters. The van der Waals surface area contributed by atoms with Crippen molar-refractivity contribution < 1.29 is 41.4 Å². The largest absolute Gasteiger partial charge is 0.480 e. The molecular weight excluding hydrogens is 579 g/mol. The van der Waals surface area contributed by atoms with Crippen LogP contribution in [0.15, 0.2) is 67.0 Å². The van der Waals surface area contributed by atoms with Crippen molar-refractivity contribution in [3.8, 4) is 0 Å². The minimum atomic E-state index is -4.47. The fourth-order valence-electron chi connectivity index (χ4n) is 5.44. The lowest BCUT2D eigenvalue weighted by atomic mass is 10.1. The first-order valence-corrected chi connectivity index (χ1v) is 14.5. The number of carbonyl (C=O) groups is 2. The summed E-state index contributed by atoms with van der Waals surface area (Å²) in [6.45, 7) is -0.0388. The van der Waals surface area contributed by atoms with Crippen LogP contribution >= 0.6 is 0 Å². The molecule has 1 saturated heterocycles. The zero-order valence-corrected chi connectivity index (χ0v) is 23.0. The van der Waals surface area contributed by atoms with Gasteiger partial charge in [-0.25, -0.2) is 4.79 Å². The Hall–Kier alpha value is -3.95. The summed E-state index contributed by atoms with van der Waals surface area (Å²) in [5.74, 6) is -3.10. The molecule has 1 aliphatic carbocycles. The molecule has 42 heavy (non-hydrogen) atoms. The molecule has 2 aromatic carbocycles. The first-order chi connectivity index (χ1) is 19.8. The molecule has 5 rings (SSSR count). The lowest BCUT2D eigenvalue weighted by Crippen LogP contribution is -2.58. The van der Waals surface area contributed by atoms with Crippen LogP contribution in [0.4, 0.5) is 18.9 Å². The lowest BCUT2D eigenvalue weighted by molar-refractivity contribution is -0.143. The van der Waals surface area contributed by atoms with Crippen molar-refractivity contribution in [2.45, 2.75) is 30.6 Å². The van der Waals surface area contributed by atoms with Gasteiger partial charge in [0.1, 0.15) is 5.54 Å². The van der Waals surface area contributed by atoms with Crippen LogP contribution in [0.3, 0.4) is 0 Å². The Kier molecular flexibility index (Phi) is 7.76. The maximum Gasteiger partial charge on any atom is 0.416 e. The van der Waals surface area contributed by atoms with Gasteiger partial charge in [0.05, 0.1) is 23.9 Å². The zero-order chi connectivity index (χ0) is 30.3. The van der Waals surface area contributed by atoms with E-state index in [-0.39, 0.29) is 51.3 Å². The molecule has 0 amide bonds. The molecule has 1 saturated carbocycles. The van der Waals surface area contributed by atoms with Gasteiger partial charge in [0.15, 0.2) is 0 Å². The highest BCUT2D eigenvalue weighted by molar-refractivity contribution is 7.86. The quantitative estimate of drug-likeness (QED) is 0.359. The topological polar surface area (TPSA) is 136 Å². The zero-order valence-electron chi connectivity index (χ0n) is 22.2. The average Bonchev–Trinajstić information content (AvgIpc) is 3.53. The normalized spacial score (nSPS) is 21.4. The van der Waals surface area contributed by atoms with Gasteiger partial charge in [-0.1, -0.05) is 30.3 Å². The van der Waals surface area contributed by atoms with Gasteiger partial charge in [0, 0.05) is 50.5 Å². The molecule has 224 valence electrons. The summed E-state index contributed by atoms with van der Waals surface area (Å²) in [7, 11) is -4.36. The van der Waals surface area contributed by atoms with E-state index in [1.807, 2.05) is 0 Å². The van der Waals surface area contributed by atoms with Gasteiger partial charge < -0.3 is 15.1 Å². The van der Waals surface area contributed by atoms with Crippen molar-refractivity contribution in [2.75, 3.05) is 37.6 Å². The van der Waals surface area contributed by atoms with Crippen LogP contribution in [-0.2, 0) is 27.7 Å². The number of alkyl halides is 3. The summed E-state index contributed by atoms with van der Waals surface area (Å²) in [5.41, 5.74) is -1.44. The van der Waals surface area contributed by atoms with E-state index in [1.165, 1.54) is 27.3 Å². The number of carboxylic acids is 2. The monoisotopic (exact) mass is 607 g/mol. The molecule has 2 heterocycles. The highest BCUT2D eigenvalue weighted by atomic mass is 32.2. The van der Waals surface area contributed by atoms with Crippen molar-refractivity contribution in [1.82, 2.24) is 18.4 Å². The van der Waals surface area contributed by atoms with Gasteiger partial charge in [0.2, 0.25) is 0 Å². The van der Waals surface area contributed by atoms with Crippen LogP contribution in [0, 0.1) is 0 Å². The van der Waals surface area contributed by atoms with Crippen LogP contribution in [0.2, 0.25) is 0 Å². The maximum atomic E-state index is 14.1. The third-order valence-electron chi connectivity index (χ3n) is 7.76. The van der Waals surface area contributed by atoms with Crippen molar-refractivity contribution in [1.29, 1.82) is 0 Å². The Balaban J connectivity index is 1.39. The average molecular weight is 608 g/mol. The number of rotatable bonds is 10. The first kappa shape index (κ1) is 29.5. The number of hydrogen-bond donors (Lipinski definition) is 2. The first-order valence-electron chi connectivity index (χ1n) is 13.1. The summed E-state index contributed by atoms with van der Waals surface area (Å²) in [4.78, 5) is 25.8. The highest BCUT2D eigenvalue weighted by Crippen LogP contribution is 2.57. The second-order valence-electron chi connectivity index (χ2n) is 10.2. The molecule has 2 unspecified atom stereocenters. The third-order valence-corrected chi connectivity index (χ3v) is 9.85. The number of carboxylic acid groups (broad SMARTS) is 2. The number of hydrogen-bond acceptors (Lipinski definition) is 6. The molecular formula is C27H28F3N5O6S. The van der Waals surface area contributed by atoms with Crippen LogP contribution in [0.25, 0.3) is 0 Å². The number of halogens is 3. The Morgan fingerprint density at radius 3 is 2.19 bits per heavy atom. The fraction of sp³-hybridized carbons (Fsp3) is 0.370. The van der Waals surface area contributed by atoms with E-state index in [4.69, 9.17) is 0 Å². The molecule has 0 radical (unpaired) electrons. The van der Waals surface area contributed by atoms with Gasteiger partial charge in [-0.2, -0.15) is 35.3 Å². The number of nitrogens with zero attached hydrogens (tertiary/aromatic N) is 5. The summed E-state index contributed by atoms with van der Waals surface area (Å²) in [5, 5.41) is 23.6. The molecule has 11 nitrogen and oxygen atoms in total. The summed E-state index contributed by atoms with van der Waals surface area (Å²) in [6, 6.07) is 13.4. The van der Waals surface area contributed by atoms with Crippen molar-refractivity contribution in [3.63, 3.8) is 0 Å². The number of anilines is 1. The predicted molar refractivity (Wildman–Crippen MR) is 144 cm³/mol. The third kappa shape index (κ3) is 5.58. The Bertz CT molecular complexity index is 1560. The SMILES string of the molecule is O=C(O)c1cnn(CCN(C2(C(=O)O)CC2c2ccccc2)S(=O)(=O)N2CCN(c3ccc(C(F)(F)F)cc3)CC2)c1. The van der Waals surface area contributed by atoms with Gasteiger partial charge in [-0.15, -0.1) is 0 Å². The molecule has 2 aliphatic rings. The summed E-state index contributed by atoms with van der Waals surface area (Å²) < 4.78 is 70.5. The van der Waals surface area contributed by atoms with E-state index < -0.39 is 45.3 Å². The van der Waals surface area contributed by atoms with Crippen molar-refractivity contribution in [2.24, 2.45) is 0 Å². The fourth-order valence-corrected chi connectivity index (χ4v) is 7.35. The smallest absolute Gasteiger partial charge is 0.416 e. The summed E-state index contributed by atoms with van der Waals surface area (Å²) in [6.07, 6.45) is -2.05. The highest BCUT2D eigenvalue weighted by Gasteiger charge is 2.68. The Labute approximate surface area is 239 Å². The molecule has 2 N–H and O–H groups in total. The van der Waals surface area contributed by atoms with E-state index in [9.17, 15) is 41.4 Å². The Morgan fingerprint density at radius 1 is 1.00 bits per heavy atom. The lowest BCUT2D eigenvalue weighted by Gasteiger charge is -2.39. The van der Waals surface area contributed by atoms with Crippen LogP contribution in [0.1, 0.15) is 33.8 Å². The maximum absolute atomic E-state index is 14.1. The second-order valence-corrected chi connectivity index (χ2v) is 12.1. The van der Waals surface area contributed by atoms with Crippen molar-refractivity contribution >= 4 is 27.8 Å². The van der Waals surface area contributed by atoms with E-state index in [2.05, 4.69) is 5.10 Å². The Morgan fingerprint density at radius 2 is 1.64 bits per heavy atom. The van der Waals surface area contributed by atoms with Gasteiger partial charge in [-0.3, -0.25) is 9.48 Å². The molecule has 1 aromatic heterocycles. The molecule has 2 fully saturated rings. The minimum absolute atomic E-state index is 0.0174. The second kappa shape index (κ2) is 11.0. The van der Waals surface area contributed by atoms with E-state index in [0.29, 0.717) is 11.3 Å².